The molecular weight excluding hydrogens is 907 g/mol. The van der Waals surface area contributed by atoms with E-state index >= 15 is 0 Å². The summed E-state index contributed by atoms with van der Waals surface area (Å²) < 4.78 is 8.92. The van der Waals surface area contributed by atoms with Gasteiger partial charge in [-0.3, -0.25) is 38.6 Å². The molecule has 0 saturated carbocycles. The molecule has 17 N–H and O–H groups in total. The quantitative estimate of drug-likeness (QED) is 0.0322. The number of rotatable bonds is 11. The maximum absolute atomic E-state index is 14.4. The second-order valence-electron chi connectivity index (χ2n) is 15.5. The van der Waals surface area contributed by atoms with Crippen molar-refractivity contribution in [1.82, 2.24) is 31.1 Å². The van der Waals surface area contributed by atoms with Gasteiger partial charge in [0.2, 0.25) is 41.4 Å². The summed E-state index contributed by atoms with van der Waals surface area (Å²) in [5.41, 5.74) is 10.9. The number of nitrogens with zero attached hydrogens (tertiary/aromatic N) is 2. The molecule has 3 aliphatic rings. The van der Waals surface area contributed by atoms with E-state index in [4.69, 9.17) is 15.7 Å². The number of phenolic OH excluding ortho intramolecular Hbond substituents is 1. The molecule has 7 amide bonds. The van der Waals surface area contributed by atoms with Crippen LogP contribution in [0.3, 0.4) is 0 Å². The SMILES string of the molecule is CC(O)C1NC(=O)C(N)CC(O)C(O)NC(=O)C2C(O)C(C)CN2C(=O)C(C(O)CC(N)=O)NC(=O)C(C(O)C(O)c2ccc(O)c(OSOO[O-])c2)NC(=O)C2CC(O)CN2C1=O.[Na+]. The van der Waals surface area contributed by atoms with Gasteiger partial charge in [-0.15, -0.1) is 4.33 Å². The van der Waals surface area contributed by atoms with Gasteiger partial charge >= 0.3 is 29.6 Å². The van der Waals surface area contributed by atoms with Crippen molar-refractivity contribution in [3.05, 3.63) is 23.8 Å². The third-order valence-corrected chi connectivity index (χ3v) is 11.1. The van der Waals surface area contributed by atoms with Crippen LogP contribution in [0.1, 0.15) is 44.8 Å². The van der Waals surface area contributed by atoms with Crippen molar-refractivity contribution in [3.63, 3.8) is 0 Å². The van der Waals surface area contributed by atoms with E-state index in [1.807, 2.05) is 5.32 Å². The summed E-state index contributed by atoms with van der Waals surface area (Å²) in [5, 5.41) is 120. The Bertz CT molecular complexity index is 1890. The average Bonchev–Trinajstić information content (AvgIpc) is 3.77. The smallest absolute Gasteiger partial charge is 0.691 e. The van der Waals surface area contributed by atoms with Gasteiger partial charge < -0.3 is 97.9 Å². The maximum atomic E-state index is 14.4. The number of amides is 7. The second-order valence-corrected chi connectivity index (χ2v) is 16.0. The zero-order valence-corrected chi connectivity index (χ0v) is 37.7. The topological polar surface area (TPSA) is 459 Å². The van der Waals surface area contributed by atoms with E-state index in [2.05, 4.69) is 25.3 Å². The minimum Gasteiger partial charge on any atom is -0.691 e. The summed E-state index contributed by atoms with van der Waals surface area (Å²) in [6, 6.07) is -9.31. The van der Waals surface area contributed by atoms with Crippen molar-refractivity contribution in [2.75, 3.05) is 13.1 Å². The Labute approximate surface area is 395 Å². The molecule has 0 spiro atoms. The van der Waals surface area contributed by atoms with Crippen LogP contribution >= 0.6 is 12.3 Å². The number of carbonyl (C=O) groups excluding carboxylic acids is 7. The van der Waals surface area contributed by atoms with Gasteiger partial charge in [0.15, 0.2) is 17.7 Å². The Morgan fingerprint density at radius 1 is 0.877 bits per heavy atom. The number of hydrogen-bond donors (Lipinski definition) is 15. The molecule has 0 radical (unpaired) electrons. The molecule has 0 aromatic heterocycles. The van der Waals surface area contributed by atoms with Gasteiger partial charge in [0.25, 0.3) is 12.3 Å². The molecule has 1 aromatic carbocycles. The molecule has 3 heterocycles. The first-order chi connectivity index (χ1) is 30.0. The van der Waals surface area contributed by atoms with E-state index in [1.165, 1.54) is 6.92 Å². The predicted octanol–water partition coefficient (Wildman–Crippen LogP) is -12.3. The molecule has 65 heavy (non-hydrogen) atoms. The average molecular weight is 959 g/mol. The maximum Gasteiger partial charge on any atom is 1.00 e. The van der Waals surface area contributed by atoms with Crippen molar-refractivity contribution in [2.45, 2.75) is 118 Å². The molecule has 358 valence electrons. The molecule has 3 saturated heterocycles. The Balaban J connectivity index is 0.0000112. The third kappa shape index (κ3) is 13.6. The number of aromatic hydroxyl groups is 1. The predicted molar refractivity (Wildman–Crippen MR) is 206 cm³/mol. The summed E-state index contributed by atoms with van der Waals surface area (Å²) in [6.45, 7) is 1.37. The Morgan fingerprint density at radius 3 is 2.11 bits per heavy atom. The third-order valence-electron chi connectivity index (χ3n) is 10.8. The van der Waals surface area contributed by atoms with Crippen LogP contribution in [0.25, 0.3) is 0 Å². The number of nitrogens with one attached hydrogen (secondary N) is 4. The summed E-state index contributed by atoms with van der Waals surface area (Å²) >= 11 is -0.0860. The van der Waals surface area contributed by atoms with Crippen LogP contribution < -0.4 is 71.7 Å². The number of phenols is 1. The van der Waals surface area contributed by atoms with Crippen LogP contribution in [0, 0.1) is 5.92 Å². The summed E-state index contributed by atoms with van der Waals surface area (Å²) in [7, 11) is 0. The van der Waals surface area contributed by atoms with Gasteiger partial charge in [0.1, 0.15) is 48.5 Å². The number of fused-ring (bicyclic) bond motifs is 2. The zero-order valence-electron chi connectivity index (χ0n) is 34.9. The number of carbonyl (C=O) groups is 7. The van der Waals surface area contributed by atoms with Crippen molar-refractivity contribution in [3.8, 4) is 11.5 Å². The van der Waals surface area contributed by atoms with Gasteiger partial charge in [0.05, 0.1) is 36.9 Å². The van der Waals surface area contributed by atoms with Crippen molar-refractivity contribution < 1.29 is 128 Å². The molecular formula is C35H51N8NaO20S. The van der Waals surface area contributed by atoms with Crippen LogP contribution in [0.15, 0.2) is 18.2 Å². The molecule has 15 unspecified atom stereocenters. The van der Waals surface area contributed by atoms with Crippen LogP contribution in [0.4, 0.5) is 0 Å². The van der Waals surface area contributed by atoms with E-state index in [-0.39, 0.29) is 47.4 Å². The molecule has 0 aliphatic carbocycles. The largest absolute Gasteiger partial charge is 1.00 e. The van der Waals surface area contributed by atoms with E-state index in [9.17, 15) is 84.8 Å². The number of benzene rings is 1. The second kappa shape index (κ2) is 24.1. The first-order valence-corrected chi connectivity index (χ1v) is 20.1. The van der Waals surface area contributed by atoms with E-state index < -0.39 is 176 Å². The van der Waals surface area contributed by atoms with Gasteiger partial charge in [-0.1, -0.05) is 13.0 Å². The first-order valence-electron chi connectivity index (χ1n) is 19.4. The van der Waals surface area contributed by atoms with Gasteiger partial charge in [-0.2, -0.15) is 0 Å². The minimum absolute atomic E-state index is 0. The number of aliphatic hydroxyl groups excluding tert-OH is 8. The fourth-order valence-electron chi connectivity index (χ4n) is 7.35. The molecule has 30 heteroatoms. The van der Waals surface area contributed by atoms with Gasteiger partial charge in [-0.05, 0) is 24.6 Å². The van der Waals surface area contributed by atoms with Crippen molar-refractivity contribution in [1.29, 1.82) is 0 Å². The summed E-state index contributed by atoms with van der Waals surface area (Å²) in [6.07, 6.45) is -18.6. The van der Waals surface area contributed by atoms with Crippen LogP contribution in [0.5, 0.6) is 11.5 Å². The summed E-state index contributed by atoms with van der Waals surface area (Å²) in [5.74, 6) is -11.3. The number of aliphatic hydroxyl groups is 8. The fourth-order valence-corrected chi connectivity index (χ4v) is 7.61. The van der Waals surface area contributed by atoms with Crippen LogP contribution in [-0.2, 0) is 42.9 Å². The Kier molecular flexibility index (Phi) is 20.5. The van der Waals surface area contributed by atoms with Crippen molar-refractivity contribution >= 4 is 53.7 Å². The van der Waals surface area contributed by atoms with Crippen molar-refractivity contribution in [2.24, 2.45) is 17.4 Å². The molecule has 15 atom stereocenters. The molecule has 3 fully saturated rings. The van der Waals surface area contributed by atoms with E-state index in [0.717, 1.165) is 25.1 Å². The first kappa shape index (κ1) is 55.3. The molecule has 1 aromatic rings. The van der Waals surface area contributed by atoms with Gasteiger partial charge in [-0.25, -0.2) is 0 Å². The number of hydrogen-bond acceptors (Lipinski definition) is 22. The number of primary amides is 1. The van der Waals surface area contributed by atoms with Gasteiger partial charge in [0, 0.05) is 31.8 Å². The normalized spacial score (nSPS) is 31.7. The molecule has 0 bridgehead atoms. The molecule has 4 rings (SSSR count). The minimum atomic E-state index is -2.51. The monoisotopic (exact) mass is 958 g/mol. The fraction of sp³-hybridized carbons (Fsp3) is 0.629. The Hall–Kier alpha value is -4.02. The molecule has 28 nitrogen and oxygen atoms in total. The summed E-state index contributed by atoms with van der Waals surface area (Å²) in [4.78, 5) is 96.9. The number of nitrogens with two attached hydrogens (primary N) is 2. The standard InChI is InChI=1S/C35H52N8O20S.Na/c1-11-9-43-25(26(11)50)33(57)41-31(55)19(48)7-15(36)29(53)38-22(12(2)44)34(58)42-10-14(45)6-16(42)30(54)40-24(32(56)39-23(35(43)59)18(47)8-21(37)49)28(52)27(51)13-3-4-17(46)20(5-13)61-64-63-62-60;/h3-5,11-12,14-16,18-19,22-28,31,44-48,50-52,55,60H,6-10,36H2,1-2H3,(H2,37,49)(H,38,53)(H,39,56)(H,40,54)(H,41,57);/q;+1/p-1. The van der Waals surface area contributed by atoms with Crippen LogP contribution in [-0.4, -0.2) is 189 Å². The zero-order chi connectivity index (χ0) is 47.9. The van der Waals surface area contributed by atoms with Crippen LogP contribution in [0.2, 0.25) is 0 Å². The van der Waals surface area contributed by atoms with E-state index in [1.54, 1.807) is 0 Å². The van der Waals surface area contributed by atoms with E-state index in [0.29, 0.717) is 9.80 Å². The Morgan fingerprint density at radius 2 is 1.49 bits per heavy atom. The molecule has 3 aliphatic heterocycles.